The molecule has 52 valence electrons. The van der Waals surface area contributed by atoms with Crippen molar-refractivity contribution in [3.05, 3.63) is 18.2 Å². The van der Waals surface area contributed by atoms with E-state index in [-0.39, 0.29) is 8.49 Å². The smallest absolute Gasteiger partial charge is 0.115 e. The zero-order chi connectivity index (χ0) is 6.97. The lowest BCUT2D eigenvalue weighted by atomic mass is 10.5. The van der Waals surface area contributed by atoms with Gasteiger partial charge in [-0.1, -0.05) is 8.49 Å². The second kappa shape index (κ2) is 2.56. The Labute approximate surface area is 69.5 Å². The molecule has 0 N–H and O–H groups in total. The number of nitrogens with zero attached hydrogens (tertiary/aromatic N) is 2. The lowest BCUT2D eigenvalue weighted by molar-refractivity contribution is 1.02. The van der Waals surface area contributed by atoms with Gasteiger partial charge in [-0.3, -0.25) is 0 Å². The minimum absolute atomic E-state index is 0.0282. The molecule has 10 heavy (non-hydrogen) atoms. The number of hydrogen-bond acceptors (Lipinski definition) is 4. The van der Waals surface area contributed by atoms with Crippen molar-refractivity contribution in [2.45, 2.75) is 10.6 Å². The van der Waals surface area contributed by atoms with Crippen molar-refractivity contribution in [1.29, 1.82) is 0 Å². The summed E-state index contributed by atoms with van der Waals surface area (Å²) in [5.74, 6) is 0.942. The summed E-state index contributed by atoms with van der Waals surface area (Å²) >= 11 is 5.13. The van der Waals surface area contributed by atoms with Crippen molar-refractivity contribution < 1.29 is 0 Å². The van der Waals surface area contributed by atoms with Gasteiger partial charge in [0.1, 0.15) is 6.33 Å². The molecular weight excluding hydrogens is 184 g/mol. The minimum Gasteiger partial charge on any atom is -0.244 e. The molecule has 0 spiro atoms. The van der Waals surface area contributed by atoms with E-state index in [2.05, 4.69) is 9.97 Å². The van der Waals surface area contributed by atoms with Crippen LogP contribution in [0.3, 0.4) is 0 Å². The molecule has 0 amide bonds. The molecule has 1 unspecified atom stereocenters. The maximum atomic E-state index is 5.13. The van der Waals surface area contributed by atoms with E-state index in [9.17, 15) is 0 Å². The maximum Gasteiger partial charge on any atom is 0.115 e. The van der Waals surface area contributed by atoms with Gasteiger partial charge < -0.3 is 0 Å². The van der Waals surface area contributed by atoms with Gasteiger partial charge in [0.25, 0.3) is 0 Å². The monoisotopic (exact) mass is 188 g/mol. The highest BCUT2D eigenvalue weighted by molar-refractivity contribution is 8.82. The Morgan fingerprint density at radius 3 is 3.40 bits per heavy atom. The molecule has 0 aliphatic carbocycles. The zero-order valence-electron chi connectivity index (χ0n) is 4.98. The molecule has 1 aromatic heterocycles. The molecule has 2 rings (SSSR count). The van der Waals surface area contributed by atoms with Gasteiger partial charge in [-0.15, -0.1) is 0 Å². The van der Waals surface area contributed by atoms with Crippen molar-refractivity contribution in [3.63, 3.8) is 0 Å². The van der Waals surface area contributed by atoms with E-state index in [1.54, 1.807) is 17.1 Å². The Hall–Kier alpha value is -0.000000000000000111. The minimum atomic E-state index is 0.0282. The summed E-state index contributed by atoms with van der Waals surface area (Å²) in [4.78, 5) is 9.20. The Morgan fingerprint density at radius 1 is 1.70 bits per heavy atom. The van der Waals surface area contributed by atoms with Gasteiger partial charge in [0, 0.05) is 6.20 Å². The van der Waals surface area contributed by atoms with Gasteiger partial charge in [-0.05, 0) is 22.0 Å². The molecule has 0 fully saturated rings. The van der Waals surface area contributed by atoms with Gasteiger partial charge >= 0.3 is 0 Å². The molecule has 0 aromatic carbocycles. The van der Waals surface area contributed by atoms with Crippen LogP contribution < -0.4 is 0 Å². The average molecular weight is 188 g/mol. The van der Waals surface area contributed by atoms with Crippen LogP contribution in [-0.2, 0) is 25.4 Å². The topological polar surface area (TPSA) is 25.8 Å². The molecule has 0 saturated heterocycles. The third-order valence-electron chi connectivity index (χ3n) is 1.19. The van der Waals surface area contributed by atoms with E-state index >= 15 is 0 Å². The average Bonchev–Trinajstić information content (AvgIpc) is 2.27. The van der Waals surface area contributed by atoms with E-state index < -0.39 is 0 Å². The van der Waals surface area contributed by atoms with Crippen LogP contribution in [0, 0.1) is 0 Å². The fourth-order valence-corrected chi connectivity index (χ4v) is 4.42. The Bertz CT molecular complexity index is 259. The van der Waals surface area contributed by atoms with Gasteiger partial charge in [0.2, 0.25) is 0 Å². The predicted octanol–water partition coefficient (Wildman–Crippen LogP) is 1.08. The van der Waals surface area contributed by atoms with Crippen LogP contribution in [0.4, 0.5) is 0 Å². The second-order valence-electron chi connectivity index (χ2n) is 1.87. The predicted molar refractivity (Wildman–Crippen MR) is 46.3 cm³/mol. The van der Waals surface area contributed by atoms with E-state index in [0.717, 1.165) is 11.4 Å². The summed E-state index contributed by atoms with van der Waals surface area (Å²) in [6, 6.07) is 0. The van der Waals surface area contributed by atoms with E-state index in [4.69, 9.17) is 11.2 Å². The standard InChI is InChI=1S/C5H4N2S3/c8-10-2-4-5(9-10)1-6-3-7-4/h1,3H,2H2. The molecule has 2 heterocycles. The molecule has 0 bridgehead atoms. The SMILES string of the molecule is S=S1Cc2ncncc2S1. The molecular formula is C5H4N2S3. The van der Waals surface area contributed by atoms with Gasteiger partial charge in [0.05, 0.1) is 16.3 Å². The lowest BCUT2D eigenvalue weighted by Crippen LogP contribution is -1.86. The molecule has 0 radical (unpaired) electrons. The Balaban J connectivity index is 2.51. The zero-order valence-corrected chi connectivity index (χ0v) is 7.43. The summed E-state index contributed by atoms with van der Waals surface area (Å²) in [5, 5.41) is 0. The van der Waals surface area contributed by atoms with Crippen molar-refractivity contribution in [2.24, 2.45) is 0 Å². The summed E-state index contributed by atoms with van der Waals surface area (Å²) in [5.41, 5.74) is 1.12. The van der Waals surface area contributed by atoms with Crippen LogP contribution >= 0.6 is 10.8 Å². The number of rotatable bonds is 0. The van der Waals surface area contributed by atoms with Crippen LogP contribution in [0.5, 0.6) is 0 Å². The fourth-order valence-electron chi connectivity index (χ4n) is 0.761. The van der Waals surface area contributed by atoms with E-state index in [1.807, 2.05) is 6.20 Å². The highest BCUT2D eigenvalue weighted by Gasteiger charge is 2.15. The first-order chi connectivity index (χ1) is 4.86. The first kappa shape index (κ1) is 6.69. The molecule has 5 heteroatoms. The molecule has 1 aliphatic heterocycles. The van der Waals surface area contributed by atoms with Crippen molar-refractivity contribution >= 4 is 30.5 Å². The van der Waals surface area contributed by atoms with Gasteiger partial charge in [-0.25, -0.2) is 9.97 Å². The summed E-state index contributed by atoms with van der Waals surface area (Å²) in [6.45, 7) is 0. The molecule has 1 aromatic rings. The van der Waals surface area contributed by atoms with E-state index in [1.165, 1.54) is 4.90 Å². The number of aromatic nitrogens is 2. The van der Waals surface area contributed by atoms with Gasteiger partial charge in [0.15, 0.2) is 0 Å². The van der Waals surface area contributed by atoms with Crippen LogP contribution in [-0.4, -0.2) is 9.97 Å². The number of fused-ring (bicyclic) bond motifs is 1. The normalized spacial score (nSPS) is 22.6. The molecule has 1 atom stereocenters. The largest absolute Gasteiger partial charge is 0.244 e. The Morgan fingerprint density at radius 2 is 2.60 bits per heavy atom. The first-order valence-corrected chi connectivity index (χ1v) is 6.37. The van der Waals surface area contributed by atoms with Crippen LogP contribution in [0.25, 0.3) is 0 Å². The third kappa shape index (κ3) is 1.09. The Kier molecular flexibility index (Phi) is 1.71. The van der Waals surface area contributed by atoms with Crippen molar-refractivity contribution in [2.75, 3.05) is 0 Å². The van der Waals surface area contributed by atoms with E-state index in [0.29, 0.717) is 0 Å². The lowest BCUT2D eigenvalue weighted by Gasteiger charge is -1.88. The third-order valence-corrected chi connectivity index (χ3v) is 4.83. The van der Waals surface area contributed by atoms with Crippen LogP contribution in [0.2, 0.25) is 0 Å². The van der Waals surface area contributed by atoms with Crippen LogP contribution in [0.1, 0.15) is 5.69 Å². The molecule has 2 nitrogen and oxygen atoms in total. The van der Waals surface area contributed by atoms with Crippen LogP contribution in [0.15, 0.2) is 17.4 Å². The van der Waals surface area contributed by atoms with Gasteiger partial charge in [-0.2, -0.15) is 0 Å². The fraction of sp³-hybridized carbons (Fsp3) is 0.200. The highest BCUT2D eigenvalue weighted by atomic mass is 33.3. The maximum absolute atomic E-state index is 5.13. The van der Waals surface area contributed by atoms with Crippen molar-refractivity contribution in [1.82, 2.24) is 9.97 Å². The summed E-state index contributed by atoms with van der Waals surface area (Å²) in [7, 11) is 1.74. The second-order valence-corrected chi connectivity index (χ2v) is 6.91. The number of hydrogen-bond donors (Lipinski definition) is 0. The summed E-state index contributed by atoms with van der Waals surface area (Å²) < 4.78 is 0. The molecule has 1 aliphatic rings. The summed E-state index contributed by atoms with van der Waals surface area (Å²) in [6.07, 6.45) is 3.42. The quantitative estimate of drug-likeness (QED) is 0.569. The van der Waals surface area contributed by atoms with Crippen molar-refractivity contribution in [3.8, 4) is 0 Å². The first-order valence-electron chi connectivity index (χ1n) is 2.72. The highest BCUT2D eigenvalue weighted by Crippen LogP contribution is 2.33. The molecule has 0 saturated carbocycles.